The minimum absolute atomic E-state index is 0.113. The number of allylic oxidation sites excluding steroid dienone is 5. The number of carbonyl (C=O) groups excluding carboxylic acids is 1. The third-order valence-corrected chi connectivity index (χ3v) is 2.89. The minimum Gasteiger partial charge on any atom is -0.268 e. The fourth-order valence-electron chi connectivity index (χ4n) is 0.769. The molecule has 0 radical (unpaired) electrons. The molecule has 0 aromatic rings. The zero-order chi connectivity index (χ0) is 11.7. The number of hydrogen-bond acceptors (Lipinski definition) is 3. The summed E-state index contributed by atoms with van der Waals surface area (Å²) in [5, 5.41) is 2.33. The van der Waals surface area contributed by atoms with Crippen LogP contribution in [-0.4, -0.2) is 11.7 Å². The van der Waals surface area contributed by atoms with Gasteiger partial charge in [-0.25, -0.2) is 0 Å². The van der Waals surface area contributed by atoms with E-state index >= 15 is 0 Å². The maximum absolute atomic E-state index is 10.6. The van der Waals surface area contributed by atoms with Gasteiger partial charge in [0.25, 0.3) is 5.91 Å². The molecule has 3 nitrogen and oxygen atoms in total. The van der Waals surface area contributed by atoms with E-state index in [1.54, 1.807) is 0 Å². The topological polar surface area (TPSA) is 46.5 Å². The summed E-state index contributed by atoms with van der Waals surface area (Å²) >= 11 is 1.33. The van der Waals surface area contributed by atoms with Crippen LogP contribution in [0.3, 0.4) is 0 Å². The molecule has 0 saturated heterocycles. The van der Waals surface area contributed by atoms with Gasteiger partial charge in [0.2, 0.25) is 0 Å². The van der Waals surface area contributed by atoms with Gasteiger partial charge in [0.15, 0.2) is 0 Å². The van der Waals surface area contributed by atoms with Crippen molar-refractivity contribution in [2.45, 2.75) is 20.3 Å². The lowest BCUT2D eigenvalue weighted by Gasteiger charge is -2.00. The van der Waals surface area contributed by atoms with Crippen molar-refractivity contribution in [3.63, 3.8) is 0 Å². The Labute approximate surface area is 94.3 Å². The largest absolute Gasteiger partial charge is 0.296 e. The molecule has 0 saturated carbocycles. The molecule has 0 aliphatic heterocycles. The van der Waals surface area contributed by atoms with Crippen molar-refractivity contribution in [3.05, 3.63) is 40.2 Å². The second kappa shape index (κ2) is 8.17. The van der Waals surface area contributed by atoms with Crippen LogP contribution < -0.4 is 0 Å². The van der Waals surface area contributed by atoms with E-state index in [2.05, 4.69) is 11.8 Å². The molecular formula is C11H15NO2S. The SMILES string of the molecule is C=CC/C=C\C(C)=C(/C)SCC(=O)N=O. The fraction of sp³-hybridized carbons (Fsp3) is 0.364. The Bertz CT molecular complexity index is 306. The molecule has 0 spiro atoms. The van der Waals surface area contributed by atoms with Crippen LogP contribution in [0.15, 0.2) is 40.5 Å². The molecule has 1 amide bonds. The van der Waals surface area contributed by atoms with E-state index in [-0.39, 0.29) is 5.75 Å². The van der Waals surface area contributed by atoms with E-state index in [1.165, 1.54) is 11.8 Å². The molecule has 0 rings (SSSR count). The molecule has 0 fully saturated rings. The Kier molecular flexibility index (Phi) is 7.54. The zero-order valence-corrected chi connectivity index (χ0v) is 9.84. The predicted molar refractivity (Wildman–Crippen MR) is 65.6 cm³/mol. The first-order valence-corrected chi connectivity index (χ1v) is 5.54. The maximum atomic E-state index is 10.6. The van der Waals surface area contributed by atoms with Gasteiger partial charge in [-0.15, -0.1) is 23.2 Å². The number of hydrogen-bond donors (Lipinski definition) is 0. The van der Waals surface area contributed by atoms with Gasteiger partial charge in [-0.05, 0) is 30.7 Å². The fourth-order valence-corrected chi connectivity index (χ4v) is 1.46. The van der Waals surface area contributed by atoms with E-state index in [9.17, 15) is 9.70 Å². The molecule has 0 aromatic heterocycles. The van der Waals surface area contributed by atoms with Crippen molar-refractivity contribution in [2.24, 2.45) is 5.18 Å². The van der Waals surface area contributed by atoms with Crippen molar-refractivity contribution in [2.75, 3.05) is 5.75 Å². The van der Waals surface area contributed by atoms with Crippen molar-refractivity contribution in [1.82, 2.24) is 0 Å². The van der Waals surface area contributed by atoms with Crippen molar-refractivity contribution < 1.29 is 4.79 Å². The molecular weight excluding hydrogens is 210 g/mol. The quantitative estimate of drug-likeness (QED) is 0.395. The van der Waals surface area contributed by atoms with Crippen LogP contribution in [0.1, 0.15) is 20.3 Å². The molecule has 0 aliphatic carbocycles. The Morgan fingerprint density at radius 3 is 2.67 bits per heavy atom. The third kappa shape index (κ3) is 6.85. The molecule has 15 heavy (non-hydrogen) atoms. The van der Waals surface area contributed by atoms with Crippen molar-refractivity contribution in [3.8, 4) is 0 Å². The highest BCUT2D eigenvalue weighted by Gasteiger charge is 2.02. The van der Waals surface area contributed by atoms with E-state index in [0.717, 1.165) is 16.9 Å². The summed E-state index contributed by atoms with van der Waals surface area (Å²) in [7, 11) is 0. The summed E-state index contributed by atoms with van der Waals surface area (Å²) in [5.41, 5.74) is 1.08. The molecule has 0 atom stereocenters. The normalized spacial score (nSPS) is 12.4. The van der Waals surface area contributed by atoms with Gasteiger partial charge in [0.1, 0.15) is 0 Å². The summed E-state index contributed by atoms with van der Waals surface area (Å²) in [6.45, 7) is 7.48. The van der Waals surface area contributed by atoms with E-state index in [1.807, 2.05) is 32.1 Å². The van der Waals surface area contributed by atoms with Crippen molar-refractivity contribution in [1.29, 1.82) is 0 Å². The third-order valence-electron chi connectivity index (χ3n) is 1.74. The van der Waals surface area contributed by atoms with Crippen LogP contribution in [0.4, 0.5) is 0 Å². The highest BCUT2D eigenvalue weighted by Crippen LogP contribution is 2.19. The highest BCUT2D eigenvalue weighted by atomic mass is 32.2. The second-order valence-corrected chi connectivity index (χ2v) is 4.13. The van der Waals surface area contributed by atoms with Crippen molar-refractivity contribution >= 4 is 17.7 Å². The zero-order valence-electron chi connectivity index (χ0n) is 9.03. The lowest BCUT2D eigenvalue weighted by Crippen LogP contribution is -1.95. The standard InChI is InChI=1S/C11H15NO2S/c1-4-5-6-7-9(2)10(3)15-8-11(13)12-14/h4,6-7H,1,5,8H2,2-3H3/b7-6-,10-9+. The molecule has 0 N–H and O–H groups in total. The molecule has 0 aromatic carbocycles. The molecule has 0 unspecified atom stereocenters. The lowest BCUT2D eigenvalue weighted by atomic mass is 10.2. The first-order chi connectivity index (χ1) is 7.11. The highest BCUT2D eigenvalue weighted by molar-refractivity contribution is 8.03. The van der Waals surface area contributed by atoms with Crippen LogP contribution >= 0.6 is 11.8 Å². The first-order valence-electron chi connectivity index (χ1n) is 4.55. The van der Waals surface area contributed by atoms with Gasteiger partial charge >= 0.3 is 0 Å². The monoisotopic (exact) mass is 225 g/mol. The second-order valence-electron chi connectivity index (χ2n) is 2.94. The molecule has 0 aliphatic rings. The number of amides is 1. The van der Waals surface area contributed by atoms with E-state index in [4.69, 9.17) is 0 Å². The molecule has 4 heteroatoms. The summed E-state index contributed by atoms with van der Waals surface area (Å²) in [5.74, 6) is -0.510. The Hall–Kier alpha value is -1.16. The van der Waals surface area contributed by atoms with Gasteiger partial charge in [-0.2, -0.15) is 0 Å². The van der Waals surface area contributed by atoms with Gasteiger partial charge in [-0.3, -0.25) is 4.79 Å². The summed E-state index contributed by atoms with van der Waals surface area (Å²) in [6.07, 6.45) is 6.60. The average Bonchev–Trinajstić information content (AvgIpc) is 2.25. The first kappa shape index (κ1) is 13.8. The van der Waals surface area contributed by atoms with Gasteiger partial charge in [-0.1, -0.05) is 18.2 Å². The van der Waals surface area contributed by atoms with E-state index in [0.29, 0.717) is 0 Å². The molecule has 0 heterocycles. The van der Waals surface area contributed by atoms with Gasteiger partial charge in [0, 0.05) is 5.18 Å². The Morgan fingerprint density at radius 2 is 2.13 bits per heavy atom. The van der Waals surface area contributed by atoms with Crippen LogP contribution in [0.25, 0.3) is 0 Å². The number of carbonyl (C=O) groups is 1. The number of rotatable bonds is 6. The van der Waals surface area contributed by atoms with Gasteiger partial charge < -0.3 is 0 Å². The molecule has 0 bridgehead atoms. The van der Waals surface area contributed by atoms with Gasteiger partial charge in [0.05, 0.1) is 5.75 Å². The van der Waals surface area contributed by atoms with Crippen LogP contribution in [0.2, 0.25) is 0 Å². The Morgan fingerprint density at radius 1 is 1.47 bits per heavy atom. The predicted octanol–water partition coefficient (Wildman–Crippen LogP) is 3.44. The number of thioether (sulfide) groups is 1. The van der Waals surface area contributed by atoms with Crippen LogP contribution in [-0.2, 0) is 4.79 Å². The summed E-state index contributed by atoms with van der Waals surface area (Å²) < 4.78 is 0. The van der Waals surface area contributed by atoms with Crippen LogP contribution in [0, 0.1) is 4.91 Å². The lowest BCUT2D eigenvalue weighted by molar-refractivity contribution is -0.115. The number of nitroso groups, excluding NO2 is 1. The summed E-state index contributed by atoms with van der Waals surface area (Å²) in [4.78, 5) is 21.5. The number of nitrogens with zero attached hydrogens (tertiary/aromatic N) is 1. The Balaban J connectivity index is 4.19. The maximum Gasteiger partial charge on any atom is 0.296 e. The van der Waals surface area contributed by atoms with Crippen LogP contribution in [0.5, 0.6) is 0 Å². The van der Waals surface area contributed by atoms with E-state index < -0.39 is 5.91 Å². The minimum atomic E-state index is -0.623. The molecule has 82 valence electrons. The average molecular weight is 225 g/mol. The smallest absolute Gasteiger partial charge is 0.268 e. The summed E-state index contributed by atoms with van der Waals surface area (Å²) in [6, 6.07) is 0.